The topological polar surface area (TPSA) is 51.8 Å². The van der Waals surface area contributed by atoms with E-state index >= 15 is 0 Å². The molecule has 0 saturated heterocycles. The summed E-state index contributed by atoms with van der Waals surface area (Å²) in [6, 6.07) is 14.9. The number of hydrogen-bond acceptors (Lipinski definition) is 4. The lowest BCUT2D eigenvalue weighted by Crippen LogP contribution is -2.37. The van der Waals surface area contributed by atoms with Crippen LogP contribution in [-0.2, 0) is 13.1 Å². The van der Waals surface area contributed by atoms with Gasteiger partial charge in [0.15, 0.2) is 0 Å². The van der Waals surface area contributed by atoms with E-state index in [4.69, 9.17) is 0 Å². The number of nitrogens with zero attached hydrogens (tertiary/aromatic N) is 6. The Balaban J connectivity index is 1.20. The second kappa shape index (κ2) is 7.83. The fourth-order valence-electron chi connectivity index (χ4n) is 3.72. The smallest absolute Gasteiger partial charge is 0.204 e. The predicted molar refractivity (Wildman–Crippen MR) is 102 cm³/mol. The first-order valence-corrected chi connectivity index (χ1v) is 9.53. The van der Waals surface area contributed by atoms with E-state index in [-0.39, 0.29) is 0 Å². The summed E-state index contributed by atoms with van der Waals surface area (Å²) >= 11 is 0. The highest BCUT2D eigenvalue weighted by atomic mass is 15.6. The van der Waals surface area contributed by atoms with E-state index in [1.165, 1.54) is 18.5 Å². The van der Waals surface area contributed by atoms with Gasteiger partial charge in [-0.2, -0.15) is 4.80 Å². The van der Waals surface area contributed by atoms with Crippen LogP contribution in [0, 0.1) is 0 Å². The van der Waals surface area contributed by atoms with Gasteiger partial charge in [-0.25, -0.2) is 0 Å². The van der Waals surface area contributed by atoms with Crippen LogP contribution in [0.1, 0.15) is 37.9 Å². The third-order valence-corrected chi connectivity index (χ3v) is 5.26. The second-order valence-electron chi connectivity index (χ2n) is 6.97. The minimum atomic E-state index is 0.518. The van der Waals surface area contributed by atoms with Crippen molar-refractivity contribution in [3.05, 3.63) is 54.4 Å². The van der Waals surface area contributed by atoms with Crippen LogP contribution in [0.25, 0.3) is 11.4 Å². The Labute approximate surface area is 154 Å². The molecule has 0 amide bonds. The Morgan fingerprint density at radius 1 is 0.962 bits per heavy atom. The molecule has 2 aromatic heterocycles. The summed E-state index contributed by atoms with van der Waals surface area (Å²) in [5, 5.41) is 12.8. The Morgan fingerprint density at radius 3 is 2.69 bits per heavy atom. The summed E-state index contributed by atoms with van der Waals surface area (Å²) in [7, 11) is 0. The lowest BCUT2D eigenvalue weighted by atomic mass is 10.1. The van der Waals surface area contributed by atoms with Crippen LogP contribution in [0.2, 0.25) is 0 Å². The molecular formula is C20H26N6. The van der Waals surface area contributed by atoms with Crippen LogP contribution in [0.3, 0.4) is 0 Å². The largest absolute Gasteiger partial charge is 0.349 e. The van der Waals surface area contributed by atoms with E-state index in [9.17, 15) is 0 Å². The summed E-state index contributed by atoms with van der Waals surface area (Å²) < 4.78 is 2.38. The molecule has 4 rings (SSSR count). The average molecular weight is 350 g/mol. The lowest BCUT2D eigenvalue weighted by Gasteiger charge is -2.34. The number of benzene rings is 1. The van der Waals surface area contributed by atoms with Crippen LogP contribution in [-0.4, -0.2) is 42.8 Å². The van der Waals surface area contributed by atoms with Crippen molar-refractivity contribution in [2.24, 2.45) is 0 Å². The standard InChI is InChI=1S/C20H26N6/c1-17-19-11-8-13-25(19)16-15-24(17)12-6-3-7-14-26-22-20(21-23-26)18-9-4-2-5-10-18/h2,4-5,8-11,13,17H,3,6-7,12,14-16H2,1H3. The first kappa shape index (κ1) is 17.0. The monoisotopic (exact) mass is 350 g/mol. The molecule has 0 aliphatic carbocycles. The van der Waals surface area contributed by atoms with Crippen molar-refractivity contribution in [2.75, 3.05) is 13.1 Å². The van der Waals surface area contributed by atoms with Crippen molar-refractivity contribution in [3.63, 3.8) is 0 Å². The van der Waals surface area contributed by atoms with E-state index in [1.807, 2.05) is 30.3 Å². The molecule has 6 heteroatoms. The van der Waals surface area contributed by atoms with Gasteiger partial charge in [0, 0.05) is 36.6 Å². The molecule has 0 N–H and O–H groups in total. The van der Waals surface area contributed by atoms with Gasteiger partial charge in [0.1, 0.15) is 0 Å². The zero-order valence-electron chi connectivity index (χ0n) is 15.3. The third kappa shape index (κ3) is 3.70. The van der Waals surface area contributed by atoms with Crippen LogP contribution in [0.5, 0.6) is 0 Å². The zero-order chi connectivity index (χ0) is 17.8. The van der Waals surface area contributed by atoms with Crippen molar-refractivity contribution in [2.45, 2.75) is 45.3 Å². The lowest BCUT2D eigenvalue weighted by molar-refractivity contribution is 0.165. The zero-order valence-corrected chi connectivity index (χ0v) is 15.3. The van der Waals surface area contributed by atoms with Gasteiger partial charge in [-0.05, 0) is 43.7 Å². The minimum Gasteiger partial charge on any atom is -0.349 e. The summed E-state index contributed by atoms with van der Waals surface area (Å²) in [6.07, 6.45) is 5.68. The SMILES string of the molecule is CC1c2cccn2CCN1CCCCCn1nnc(-c2ccccc2)n1. The number of aryl methyl sites for hydroxylation is 1. The third-order valence-electron chi connectivity index (χ3n) is 5.26. The first-order valence-electron chi connectivity index (χ1n) is 9.53. The first-order chi connectivity index (χ1) is 12.8. The summed E-state index contributed by atoms with van der Waals surface area (Å²) in [5.74, 6) is 0.704. The summed E-state index contributed by atoms with van der Waals surface area (Å²) in [4.78, 5) is 4.31. The quantitative estimate of drug-likeness (QED) is 0.613. The van der Waals surface area contributed by atoms with E-state index in [0.29, 0.717) is 11.9 Å². The molecular weight excluding hydrogens is 324 g/mol. The average Bonchev–Trinajstić information content (AvgIpc) is 3.34. The molecule has 0 bridgehead atoms. The maximum Gasteiger partial charge on any atom is 0.204 e. The molecule has 0 spiro atoms. The summed E-state index contributed by atoms with van der Waals surface area (Å²) in [6.45, 7) is 6.56. The van der Waals surface area contributed by atoms with E-state index in [1.54, 1.807) is 4.80 Å². The molecule has 6 nitrogen and oxygen atoms in total. The highest BCUT2D eigenvalue weighted by Crippen LogP contribution is 2.25. The van der Waals surface area contributed by atoms with Crippen molar-refractivity contribution in [3.8, 4) is 11.4 Å². The number of hydrogen-bond donors (Lipinski definition) is 0. The van der Waals surface area contributed by atoms with Crippen LogP contribution < -0.4 is 0 Å². The molecule has 1 aliphatic heterocycles. The van der Waals surface area contributed by atoms with E-state index in [2.05, 4.69) is 50.1 Å². The predicted octanol–water partition coefficient (Wildman–Crippen LogP) is 3.39. The number of tetrazole rings is 1. The van der Waals surface area contributed by atoms with Gasteiger partial charge in [0.05, 0.1) is 6.54 Å². The molecule has 0 fully saturated rings. The van der Waals surface area contributed by atoms with Gasteiger partial charge < -0.3 is 4.57 Å². The maximum atomic E-state index is 4.48. The van der Waals surface area contributed by atoms with Crippen molar-refractivity contribution in [1.29, 1.82) is 0 Å². The van der Waals surface area contributed by atoms with Gasteiger partial charge in [-0.15, -0.1) is 10.2 Å². The van der Waals surface area contributed by atoms with E-state index in [0.717, 1.165) is 38.2 Å². The Hall–Kier alpha value is -2.47. The van der Waals surface area contributed by atoms with E-state index < -0.39 is 0 Å². The molecule has 1 aromatic carbocycles. The highest BCUT2D eigenvalue weighted by molar-refractivity contribution is 5.52. The van der Waals surface area contributed by atoms with Crippen LogP contribution >= 0.6 is 0 Å². The molecule has 3 heterocycles. The molecule has 3 aromatic rings. The minimum absolute atomic E-state index is 0.518. The molecule has 0 radical (unpaired) electrons. The van der Waals surface area contributed by atoms with Crippen molar-refractivity contribution < 1.29 is 0 Å². The van der Waals surface area contributed by atoms with Gasteiger partial charge in [-0.3, -0.25) is 4.90 Å². The van der Waals surface area contributed by atoms with Gasteiger partial charge in [0.2, 0.25) is 5.82 Å². The fourth-order valence-corrected chi connectivity index (χ4v) is 3.72. The molecule has 1 aliphatic rings. The Kier molecular flexibility index (Phi) is 5.11. The Bertz CT molecular complexity index is 822. The van der Waals surface area contributed by atoms with Crippen LogP contribution in [0.15, 0.2) is 48.7 Å². The number of unbranched alkanes of at least 4 members (excludes halogenated alkanes) is 2. The van der Waals surface area contributed by atoms with Crippen molar-refractivity contribution >= 4 is 0 Å². The molecule has 26 heavy (non-hydrogen) atoms. The molecule has 1 atom stereocenters. The molecule has 136 valence electrons. The van der Waals surface area contributed by atoms with Crippen molar-refractivity contribution in [1.82, 2.24) is 29.7 Å². The van der Waals surface area contributed by atoms with Gasteiger partial charge in [-0.1, -0.05) is 36.8 Å². The summed E-state index contributed by atoms with van der Waals surface area (Å²) in [5.41, 5.74) is 2.46. The molecule has 0 saturated carbocycles. The highest BCUT2D eigenvalue weighted by Gasteiger charge is 2.22. The molecule has 1 unspecified atom stereocenters. The fraction of sp³-hybridized carbons (Fsp3) is 0.450. The van der Waals surface area contributed by atoms with Gasteiger partial charge in [0.25, 0.3) is 0 Å². The number of aromatic nitrogens is 5. The van der Waals surface area contributed by atoms with Crippen LogP contribution in [0.4, 0.5) is 0 Å². The number of rotatable bonds is 7. The van der Waals surface area contributed by atoms with Gasteiger partial charge >= 0.3 is 0 Å². The Morgan fingerprint density at radius 2 is 1.81 bits per heavy atom. The normalized spacial score (nSPS) is 17.3. The second-order valence-corrected chi connectivity index (χ2v) is 6.97. The maximum absolute atomic E-state index is 4.48. The number of fused-ring (bicyclic) bond motifs is 1.